The van der Waals surface area contributed by atoms with Crippen molar-refractivity contribution >= 4 is 23.8 Å². The average Bonchev–Trinajstić information content (AvgIpc) is 3.08. The molecule has 4 rings (SSSR count). The zero-order valence-electron chi connectivity index (χ0n) is 19.9. The number of carbonyl (C=O) groups excluding carboxylic acids is 3. The molecule has 2 heterocycles. The van der Waals surface area contributed by atoms with Crippen LogP contribution in [0.1, 0.15) is 63.2 Å². The van der Waals surface area contributed by atoms with Crippen LogP contribution in [0.25, 0.3) is 0 Å². The van der Waals surface area contributed by atoms with Crippen molar-refractivity contribution in [2.24, 2.45) is 0 Å². The van der Waals surface area contributed by atoms with Crippen LogP contribution in [0.5, 0.6) is 5.75 Å². The third-order valence-electron chi connectivity index (χ3n) is 6.38. The molecule has 1 aromatic rings. The molecule has 0 unspecified atom stereocenters. The van der Waals surface area contributed by atoms with E-state index in [9.17, 15) is 23.9 Å². The highest BCUT2D eigenvalue weighted by Gasteiger charge is 2.44. The first-order valence-corrected chi connectivity index (χ1v) is 11.8. The second-order valence-electron chi connectivity index (χ2n) is 10.2. The van der Waals surface area contributed by atoms with Gasteiger partial charge >= 0.3 is 18.1 Å². The summed E-state index contributed by atoms with van der Waals surface area (Å²) in [5.41, 5.74) is -1.03. The fourth-order valence-corrected chi connectivity index (χ4v) is 4.79. The molecule has 0 bridgehead atoms. The molecule has 3 fully saturated rings. The highest BCUT2D eigenvalue weighted by atomic mass is 19.1. The summed E-state index contributed by atoms with van der Waals surface area (Å²) in [6, 6.07) is 1.29. The minimum Gasteiger partial charge on any atom is -0.508 e. The molecular formula is C24H32FN3O6. The fraction of sp³-hybridized carbons (Fsp3) is 0.625. The Morgan fingerprint density at radius 1 is 1.09 bits per heavy atom. The van der Waals surface area contributed by atoms with Gasteiger partial charge in [0.25, 0.3) is 0 Å². The van der Waals surface area contributed by atoms with E-state index in [2.05, 4.69) is 0 Å². The number of phenols is 1. The molecule has 1 atom stereocenters. The van der Waals surface area contributed by atoms with Crippen LogP contribution in [0.2, 0.25) is 0 Å². The molecule has 3 aliphatic rings. The first kappa shape index (κ1) is 24.1. The number of ether oxygens (including phenoxy) is 2. The van der Waals surface area contributed by atoms with Gasteiger partial charge in [0, 0.05) is 38.3 Å². The maximum absolute atomic E-state index is 14.9. The molecular weight excluding hydrogens is 445 g/mol. The molecule has 2 saturated heterocycles. The number of halogens is 1. The van der Waals surface area contributed by atoms with Gasteiger partial charge in [-0.2, -0.15) is 0 Å². The normalized spacial score (nSPS) is 21.5. The van der Waals surface area contributed by atoms with E-state index >= 15 is 0 Å². The van der Waals surface area contributed by atoms with Crippen molar-refractivity contribution in [1.29, 1.82) is 0 Å². The maximum atomic E-state index is 14.9. The van der Waals surface area contributed by atoms with Gasteiger partial charge in [0.15, 0.2) is 0 Å². The van der Waals surface area contributed by atoms with Gasteiger partial charge in [0.1, 0.15) is 28.8 Å². The summed E-state index contributed by atoms with van der Waals surface area (Å²) in [7, 11) is 0. The standard InChI is InChI=1S/C24H32FN3O6/c1-24(2,3)34-23(32)26-9-10-27-15(13-26)14-28(22(27)31)19-12-16(29)11-18(25)20(19)21(30)33-17-7-5-4-6-8-17/h11-12,15,17,29H,4-10,13-14H2,1-3H3/t15-/m0/s1. The average molecular weight is 478 g/mol. The first-order chi connectivity index (χ1) is 16.0. The number of aromatic hydroxyl groups is 1. The van der Waals surface area contributed by atoms with E-state index in [4.69, 9.17) is 9.47 Å². The number of urea groups is 1. The van der Waals surface area contributed by atoms with Crippen LogP contribution < -0.4 is 4.90 Å². The summed E-state index contributed by atoms with van der Waals surface area (Å²) in [5.74, 6) is -2.17. The molecule has 0 radical (unpaired) electrons. The van der Waals surface area contributed by atoms with Crippen molar-refractivity contribution in [3.63, 3.8) is 0 Å². The van der Waals surface area contributed by atoms with E-state index in [0.717, 1.165) is 38.2 Å². The predicted molar refractivity (Wildman–Crippen MR) is 121 cm³/mol. The quantitative estimate of drug-likeness (QED) is 0.664. The number of anilines is 1. The Morgan fingerprint density at radius 2 is 1.79 bits per heavy atom. The zero-order valence-corrected chi connectivity index (χ0v) is 19.9. The predicted octanol–water partition coefficient (Wildman–Crippen LogP) is 3.88. The lowest BCUT2D eigenvalue weighted by atomic mass is 9.98. The number of nitrogens with zero attached hydrogens (tertiary/aromatic N) is 3. The summed E-state index contributed by atoms with van der Waals surface area (Å²) >= 11 is 0. The van der Waals surface area contributed by atoms with E-state index in [1.807, 2.05) is 0 Å². The summed E-state index contributed by atoms with van der Waals surface area (Å²) in [4.78, 5) is 43.1. The van der Waals surface area contributed by atoms with Crippen LogP contribution in [0.15, 0.2) is 12.1 Å². The molecule has 3 amide bonds. The summed E-state index contributed by atoms with van der Waals surface area (Å²) in [5, 5.41) is 10.0. The SMILES string of the molecule is CC(C)(C)OC(=O)N1CCN2C(=O)N(c3cc(O)cc(F)c3C(=O)OC3CCCCC3)C[C@@H]2C1. The number of benzene rings is 1. The number of fused-ring (bicyclic) bond motifs is 1. The van der Waals surface area contributed by atoms with Crippen LogP contribution in [0.3, 0.4) is 0 Å². The van der Waals surface area contributed by atoms with E-state index < -0.39 is 35.3 Å². The number of rotatable bonds is 3. The second kappa shape index (κ2) is 9.31. The van der Waals surface area contributed by atoms with Crippen molar-refractivity contribution in [2.75, 3.05) is 31.1 Å². The fourth-order valence-electron chi connectivity index (χ4n) is 4.79. The zero-order chi connectivity index (χ0) is 24.6. The molecule has 9 nitrogen and oxygen atoms in total. The van der Waals surface area contributed by atoms with Crippen LogP contribution in [0.4, 0.5) is 19.7 Å². The van der Waals surface area contributed by atoms with Gasteiger partial charge < -0.3 is 24.4 Å². The van der Waals surface area contributed by atoms with Gasteiger partial charge in [-0.15, -0.1) is 0 Å². The molecule has 186 valence electrons. The summed E-state index contributed by atoms with van der Waals surface area (Å²) < 4.78 is 25.9. The number of esters is 1. The van der Waals surface area contributed by atoms with Gasteiger partial charge in [0.05, 0.1) is 11.7 Å². The molecule has 2 aliphatic heterocycles. The van der Waals surface area contributed by atoms with Crippen LogP contribution in [-0.4, -0.2) is 76.9 Å². The molecule has 0 spiro atoms. The van der Waals surface area contributed by atoms with Crippen LogP contribution in [-0.2, 0) is 9.47 Å². The summed E-state index contributed by atoms with van der Waals surface area (Å²) in [6.45, 7) is 6.31. The van der Waals surface area contributed by atoms with Crippen molar-refractivity contribution in [3.8, 4) is 5.75 Å². The Kier molecular flexibility index (Phi) is 6.60. The number of piperazine rings is 1. The smallest absolute Gasteiger partial charge is 0.410 e. The van der Waals surface area contributed by atoms with Crippen molar-refractivity contribution < 1.29 is 33.4 Å². The molecule has 1 aromatic carbocycles. The maximum Gasteiger partial charge on any atom is 0.410 e. The Labute approximate surface area is 198 Å². The molecule has 1 saturated carbocycles. The lowest BCUT2D eigenvalue weighted by molar-refractivity contribution is 0.0127. The first-order valence-electron chi connectivity index (χ1n) is 11.8. The lowest BCUT2D eigenvalue weighted by Crippen LogP contribution is -2.54. The number of amides is 3. The number of phenolic OH excluding ortho intramolecular Hbond substituents is 1. The third kappa shape index (κ3) is 5.05. The van der Waals surface area contributed by atoms with E-state index in [1.54, 1.807) is 30.6 Å². The topological polar surface area (TPSA) is 99.6 Å². The highest BCUT2D eigenvalue weighted by molar-refractivity contribution is 6.04. The Hall–Kier alpha value is -3.04. The Balaban J connectivity index is 1.55. The van der Waals surface area contributed by atoms with Crippen LogP contribution in [0, 0.1) is 5.82 Å². The Morgan fingerprint density at radius 3 is 2.47 bits per heavy atom. The van der Waals surface area contributed by atoms with E-state index in [-0.39, 0.29) is 43.0 Å². The molecule has 10 heteroatoms. The molecule has 34 heavy (non-hydrogen) atoms. The van der Waals surface area contributed by atoms with Crippen molar-refractivity contribution in [2.45, 2.75) is 70.6 Å². The van der Waals surface area contributed by atoms with Gasteiger partial charge in [-0.1, -0.05) is 6.42 Å². The monoisotopic (exact) mass is 477 g/mol. The molecule has 1 aliphatic carbocycles. The van der Waals surface area contributed by atoms with E-state index in [0.29, 0.717) is 6.54 Å². The molecule has 0 aromatic heterocycles. The third-order valence-corrected chi connectivity index (χ3v) is 6.38. The number of hydrogen-bond donors (Lipinski definition) is 1. The molecule has 1 N–H and O–H groups in total. The van der Waals surface area contributed by atoms with Crippen LogP contribution >= 0.6 is 0 Å². The Bertz CT molecular complexity index is 972. The van der Waals surface area contributed by atoms with Gasteiger partial charge in [-0.3, -0.25) is 4.90 Å². The second-order valence-corrected chi connectivity index (χ2v) is 10.2. The minimum absolute atomic E-state index is 0.0264. The lowest BCUT2D eigenvalue weighted by Gasteiger charge is -2.36. The minimum atomic E-state index is -0.941. The van der Waals surface area contributed by atoms with Gasteiger partial charge in [-0.25, -0.2) is 18.8 Å². The summed E-state index contributed by atoms with van der Waals surface area (Å²) in [6.07, 6.45) is 3.66. The largest absolute Gasteiger partial charge is 0.508 e. The van der Waals surface area contributed by atoms with Crippen molar-refractivity contribution in [1.82, 2.24) is 9.80 Å². The van der Waals surface area contributed by atoms with Crippen molar-refractivity contribution in [3.05, 3.63) is 23.5 Å². The number of hydrogen-bond acceptors (Lipinski definition) is 6. The van der Waals surface area contributed by atoms with Gasteiger partial charge in [0.2, 0.25) is 0 Å². The van der Waals surface area contributed by atoms with E-state index in [1.165, 1.54) is 11.0 Å². The highest BCUT2D eigenvalue weighted by Crippen LogP contribution is 2.35. The van der Waals surface area contributed by atoms with Gasteiger partial charge in [-0.05, 0) is 46.5 Å². The number of carbonyl (C=O) groups is 3.